The Kier molecular flexibility index (Phi) is 5.55. The molecule has 2 atom stereocenters. The van der Waals surface area contributed by atoms with Crippen LogP contribution in [-0.2, 0) is 0 Å². The minimum atomic E-state index is -4.55. The molecule has 2 N–H and O–H groups in total. The summed E-state index contributed by atoms with van der Waals surface area (Å²) in [5.41, 5.74) is 0.945. The van der Waals surface area contributed by atoms with Gasteiger partial charge in [0.25, 0.3) is 0 Å². The SMILES string of the molecule is O[C@H](C[NH+]1CCCN(c2nc(-c3ccccc3)ns2)CC1)C(F)(F)F. The minimum absolute atomic E-state index is 0.303. The Morgan fingerprint density at radius 1 is 1.20 bits per heavy atom. The molecule has 1 aliphatic rings. The molecule has 5 nitrogen and oxygen atoms in total. The second-order valence-corrected chi connectivity index (χ2v) is 6.85. The molecular formula is C16H20F3N4OS+. The van der Waals surface area contributed by atoms with E-state index >= 15 is 0 Å². The number of nitrogens with one attached hydrogen (secondary N) is 1. The number of halogens is 3. The van der Waals surface area contributed by atoms with Gasteiger partial charge in [0.05, 0.1) is 19.6 Å². The first kappa shape index (κ1) is 18.1. The molecule has 2 aromatic rings. The molecule has 0 spiro atoms. The fraction of sp³-hybridized carbons (Fsp3) is 0.500. The summed E-state index contributed by atoms with van der Waals surface area (Å²) in [4.78, 5) is 7.40. The van der Waals surface area contributed by atoms with Crippen molar-refractivity contribution in [2.24, 2.45) is 0 Å². The Hall–Kier alpha value is -1.71. The van der Waals surface area contributed by atoms with Gasteiger partial charge in [0.15, 0.2) is 11.9 Å². The van der Waals surface area contributed by atoms with Gasteiger partial charge in [0.2, 0.25) is 5.13 Å². The maximum absolute atomic E-state index is 12.5. The van der Waals surface area contributed by atoms with E-state index in [9.17, 15) is 18.3 Å². The molecule has 1 aliphatic heterocycles. The summed E-state index contributed by atoms with van der Waals surface area (Å²) in [5.74, 6) is 0.668. The Balaban J connectivity index is 1.61. The van der Waals surface area contributed by atoms with E-state index in [1.54, 1.807) is 0 Å². The smallest absolute Gasteiger partial charge is 0.379 e. The zero-order valence-corrected chi connectivity index (χ0v) is 14.4. The van der Waals surface area contributed by atoms with E-state index in [0.717, 1.165) is 28.6 Å². The quantitative estimate of drug-likeness (QED) is 0.846. The summed E-state index contributed by atoms with van der Waals surface area (Å²) in [5, 5.41) is 10.1. The Labute approximate surface area is 147 Å². The molecule has 3 rings (SSSR count). The van der Waals surface area contributed by atoms with Gasteiger partial charge in [-0.2, -0.15) is 22.5 Å². The summed E-state index contributed by atoms with van der Waals surface area (Å²) in [7, 11) is 0. The number of aliphatic hydroxyl groups excluding tert-OH is 1. The van der Waals surface area contributed by atoms with Crippen LogP contribution in [0.3, 0.4) is 0 Å². The molecule has 2 heterocycles. The summed E-state index contributed by atoms with van der Waals surface area (Å²) in [6, 6.07) is 9.67. The number of anilines is 1. The average Bonchev–Trinajstić information content (AvgIpc) is 2.96. The topological polar surface area (TPSA) is 53.7 Å². The molecule has 1 unspecified atom stereocenters. The third-order valence-corrected chi connectivity index (χ3v) is 5.05. The van der Waals surface area contributed by atoms with E-state index in [1.165, 1.54) is 11.5 Å². The molecule has 25 heavy (non-hydrogen) atoms. The van der Waals surface area contributed by atoms with Crippen molar-refractivity contribution >= 4 is 16.7 Å². The molecule has 0 saturated carbocycles. The number of benzene rings is 1. The van der Waals surface area contributed by atoms with Gasteiger partial charge in [0.1, 0.15) is 6.54 Å². The molecule has 1 saturated heterocycles. The highest BCUT2D eigenvalue weighted by Gasteiger charge is 2.41. The van der Waals surface area contributed by atoms with Crippen LogP contribution in [0, 0.1) is 0 Å². The van der Waals surface area contributed by atoms with Crippen molar-refractivity contribution in [1.29, 1.82) is 0 Å². The van der Waals surface area contributed by atoms with E-state index in [4.69, 9.17) is 0 Å². The number of quaternary nitrogens is 1. The van der Waals surface area contributed by atoms with Crippen molar-refractivity contribution in [1.82, 2.24) is 9.36 Å². The molecule has 1 aromatic carbocycles. The number of aromatic nitrogens is 2. The highest BCUT2D eigenvalue weighted by Crippen LogP contribution is 2.24. The lowest BCUT2D eigenvalue weighted by molar-refractivity contribution is -0.902. The molecule has 1 fully saturated rings. The van der Waals surface area contributed by atoms with Gasteiger partial charge < -0.3 is 14.9 Å². The molecule has 0 radical (unpaired) electrons. The number of nitrogens with zero attached hydrogens (tertiary/aromatic N) is 3. The number of rotatable bonds is 4. The molecule has 9 heteroatoms. The lowest BCUT2D eigenvalue weighted by Gasteiger charge is -2.22. The van der Waals surface area contributed by atoms with Crippen LogP contribution in [0.2, 0.25) is 0 Å². The Morgan fingerprint density at radius 3 is 2.68 bits per heavy atom. The normalized spacial score (nSPS) is 20.3. The second kappa shape index (κ2) is 7.67. The molecule has 0 amide bonds. The summed E-state index contributed by atoms with van der Waals surface area (Å²) >= 11 is 1.31. The number of alkyl halides is 3. The van der Waals surface area contributed by atoms with Crippen molar-refractivity contribution in [2.45, 2.75) is 18.7 Å². The van der Waals surface area contributed by atoms with Crippen molar-refractivity contribution in [3.63, 3.8) is 0 Å². The van der Waals surface area contributed by atoms with Gasteiger partial charge in [-0.1, -0.05) is 30.3 Å². The van der Waals surface area contributed by atoms with Crippen LogP contribution < -0.4 is 9.80 Å². The van der Waals surface area contributed by atoms with Gasteiger partial charge in [-0.15, -0.1) is 0 Å². The summed E-state index contributed by atoms with van der Waals surface area (Å²) < 4.78 is 41.9. The third-order valence-electron chi connectivity index (χ3n) is 4.27. The standard InChI is InChI=1S/C16H19F3N4OS/c17-16(18,19)13(24)11-22-7-4-8-23(10-9-22)15-20-14(21-25-15)12-5-2-1-3-6-12/h1-3,5-6,13,24H,4,7-11H2/p+1/t13-/m1/s1. The van der Waals surface area contributed by atoms with Gasteiger partial charge >= 0.3 is 6.18 Å². The van der Waals surface area contributed by atoms with Crippen LogP contribution in [-0.4, -0.2) is 59.5 Å². The fourth-order valence-corrected chi connectivity index (χ4v) is 3.62. The molecule has 136 valence electrons. The highest BCUT2D eigenvalue weighted by molar-refractivity contribution is 7.09. The third kappa shape index (κ3) is 4.68. The first-order valence-corrected chi connectivity index (χ1v) is 8.93. The predicted octanol–water partition coefficient (Wildman–Crippen LogP) is 1.22. The second-order valence-electron chi connectivity index (χ2n) is 6.12. The molecule has 1 aromatic heterocycles. The zero-order chi connectivity index (χ0) is 17.9. The zero-order valence-electron chi connectivity index (χ0n) is 13.5. The van der Waals surface area contributed by atoms with Gasteiger partial charge in [-0.3, -0.25) is 0 Å². The van der Waals surface area contributed by atoms with Crippen LogP contribution in [0.5, 0.6) is 0 Å². The largest absolute Gasteiger partial charge is 0.419 e. The van der Waals surface area contributed by atoms with Crippen LogP contribution in [0.15, 0.2) is 30.3 Å². The van der Waals surface area contributed by atoms with Crippen molar-refractivity contribution in [3.05, 3.63) is 30.3 Å². The summed E-state index contributed by atoms with van der Waals surface area (Å²) in [6.07, 6.45) is -6.07. The average molecular weight is 373 g/mol. The first-order valence-electron chi connectivity index (χ1n) is 8.16. The lowest BCUT2D eigenvalue weighted by atomic mass is 10.2. The maximum atomic E-state index is 12.5. The first-order chi connectivity index (χ1) is 11.9. The van der Waals surface area contributed by atoms with E-state index in [1.807, 2.05) is 30.3 Å². The van der Waals surface area contributed by atoms with Crippen molar-refractivity contribution < 1.29 is 23.2 Å². The van der Waals surface area contributed by atoms with E-state index in [2.05, 4.69) is 14.3 Å². The van der Waals surface area contributed by atoms with E-state index in [-0.39, 0.29) is 6.54 Å². The van der Waals surface area contributed by atoms with E-state index in [0.29, 0.717) is 25.5 Å². The van der Waals surface area contributed by atoms with Crippen molar-refractivity contribution in [3.8, 4) is 11.4 Å². The van der Waals surface area contributed by atoms with Crippen LogP contribution in [0.4, 0.5) is 18.3 Å². The predicted molar refractivity (Wildman–Crippen MR) is 89.8 cm³/mol. The van der Waals surface area contributed by atoms with Crippen LogP contribution >= 0.6 is 11.5 Å². The van der Waals surface area contributed by atoms with Gasteiger partial charge in [-0.25, -0.2) is 0 Å². The number of hydrogen-bond donors (Lipinski definition) is 2. The molecule has 0 bridgehead atoms. The lowest BCUT2D eigenvalue weighted by Crippen LogP contribution is -3.13. The number of hydrogen-bond acceptors (Lipinski definition) is 5. The van der Waals surface area contributed by atoms with Gasteiger partial charge in [-0.05, 0) is 0 Å². The maximum Gasteiger partial charge on any atom is 0.419 e. The minimum Gasteiger partial charge on any atom is -0.379 e. The molecular weight excluding hydrogens is 353 g/mol. The Bertz CT molecular complexity index is 680. The van der Waals surface area contributed by atoms with Crippen LogP contribution in [0.1, 0.15) is 6.42 Å². The Morgan fingerprint density at radius 2 is 1.96 bits per heavy atom. The summed E-state index contributed by atoms with van der Waals surface area (Å²) in [6.45, 7) is 2.17. The number of aliphatic hydroxyl groups is 1. The van der Waals surface area contributed by atoms with Crippen molar-refractivity contribution in [2.75, 3.05) is 37.6 Å². The van der Waals surface area contributed by atoms with E-state index < -0.39 is 12.3 Å². The highest BCUT2D eigenvalue weighted by atomic mass is 32.1. The molecule has 0 aliphatic carbocycles. The monoisotopic (exact) mass is 373 g/mol. The van der Waals surface area contributed by atoms with Crippen LogP contribution in [0.25, 0.3) is 11.4 Å². The fourth-order valence-electron chi connectivity index (χ4n) is 2.88. The van der Waals surface area contributed by atoms with Gasteiger partial charge in [0, 0.05) is 30.1 Å².